The van der Waals surface area contributed by atoms with E-state index in [4.69, 9.17) is 0 Å². The molecule has 0 fully saturated rings. The van der Waals surface area contributed by atoms with Crippen LogP contribution < -0.4 is 15.7 Å². The maximum atomic E-state index is 10.6. The minimum absolute atomic E-state index is 0.277. The first kappa shape index (κ1) is 5.29. The molecule has 3 heteroatoms. The first-order valence-corrected chi connectivity index (χ1v) is 2.98. The molecule has 0 unspecified atom stereocenters. The Balaban J connectivity index is 2.96. The Hall–Kier alpha value is -1.51. The van der Waals surface area contributed by atoms with Crippen molar-refractivity contribution in [2.45, 2.75) is 0 Å². The molecule has 0 aromatic heterocycles. The van der Waals surface area contributed by atoms with E-state index in [0.29, 0.717) is 0 Å². The summed E-state index contributed by atoms with van der Waals surface area (Å²) in [4.78, 5) is 16.9. The van der Waals surface area contributed by atoms with Crippen LogP contribution in [0.5, 0.6) is 0 Å². The minimum Gasteiger partial charge on any atom is -0.196 e. The molecule has 0 radical (unpaired) electrons. The summed E-state index contributed by atoms with van der Waals surface area (Å²) < 4.78 is 0. The smallest absolute Gasteiger partial charge is 0.196 e. The third kappa shape index (κ3) is 0.639. The predicted octanol–water partition coefficient (Wildman–Crippen LogP) is -1.86. The molecule has 1 aromatic carbocycles. The van der Waals surface area contributed by atoms with Crippen LogP contribution in [-0.4, -0.2) is 6.03 Å². The molecule has 10 heavy (non-hydrogen) atoms. The summed E-state index contributed by atoms with van der Waals surface area (Å²) in [5.74, 6) is 0. The molecule has 0 spiro atoms. The van der Waals surface area contributed by atoms with E-state index in [1.54, 1.807) is 6.07 Å². The van der Waals surface area contributed by atoms with E-state index < -0.39 is 0 Å². The van der Waals surface area contributed by atoms with Crippen LogP contribution in [0.25, 0.3) is 0 Å². The van der Waals surface area contributed by atoms with E-state index in [1.165, 1.54) is 0 Å². The second kappa shape index (κ2) is 1.73. The number of hydrogen-bond donors (Lipinski definition) is 1. The standard InChI is InChI=1S/C7H4N2O/c10-7-8-5-3-1-2-4-6(5)9-7/h1-4H/p+1. The monoisotopic (exact) mass is 133 g/mol. The Morgan fingerprint density at radius 2 is 2.10 bits per heavy atom. The number of carbonyl (C=O) groups is 1. The highest BCUT2D eigenvalue weighted by Gasteiger charge is 2.12. The van der Waals surface area contributed by atoms with E-state index >= 15 is 0 Å². The molecule has 2 amide bonds. The second-order valence-electron chi connectivity index (χ2n) is 2.06. The van der Waals surface area contributed by atoms with Crippen molar-refractivity contribution in [3.63, 3.8) is 0 Å². The van der Waals surface area contributed by atoms with Gasteiger partial charge in [0.15, 0.2) is 5.36 Å². The lowest BCUT2D eigenvalue weighted by Gasteiger charge is -1.69. The molecule has 1 heterocycles. The minimum atomic E-state index is -0.277. The number of carbonyl (C=O) groups excluding carboxylic acids is 1. The zero-order valence-corrected chi connectivity index (χ0v) is 5.16. The number of fused-ring (bicyclic) bond motifs is 1. The third-order valence-corrected chi connectivity index (χ3v) is 1.37. The number of nitrogens with one attached hydrogen (secondary N) is 1. The van der Waals surface area contributed by atoms with E-state index in [0.717, 1.165) is 10.7 Å². The first-order chi connectivity index (χ1) is 4.86. The zero-order chi connectivity index (χ0) is 6.97. The topological polar surface area (TPSA) is 43.4 Å². The van der Waals surface area contributed by atoms with Crippen LogP contribution in [0, 0.1) is 0 Å². The molecule has 1 aliphatic rings. The fourth-order valence-electron chi connectivity index (χ4n) is 0.929. The maximum Gasteiger partial charge on any atom is 0.538 e. The lowest BCUT2D eigenvalue weighted by Crippen LogP contribution is -2.78. The van der Waals surface area contributed by atoms with Crippen molar-refractivity contribution in [1.82, 2.24) is 0 Å². The molecule has 0 saturated heterocycles. The van der Waals surface area contributed by atoms with Gasteiger partial charge in [-0.3, -0.25) is 0 Å². The summed E-state index contributed by atoms with van der Waals surface area (Å²) in [6.45, 7) is 0. The summed E-state index contributed by atoms with van der Waals surface area (Å²) in [6, 6.07) is 7.06. The van der Waals surface area contributed by atoms with Crippen molar-refractivity contribution in [2.24, 2.45) is 4.99 Å². The number of benzene rings is 1. The van der Waals surface area contributed by atoms with E-state index in [-0.39, 0.29) is 6.03 Å². The van der Waals surface area contributed by atoms with Gasteiger partial charge in [0.1, 0.15) is 0 Å². The summed E-state index contributed by atoms with van der Waals surface area (Å²) in [6.07, 6.45) is 0. The normalized spacial score (nSPS) is 13.8. The van der Waals surface area contributed by atoms with E-state index in [2.05, 4.69) is 9.98 Å². The Bertz CT molecular complexity index is 357. The highest BCUT2D eigenvalue weighted by molar-refractivity contribution is 5.64. The van der Waals surface area contributed by atoms with Crippen LogP contribution >= 0.6 is 0 Å². The molecule has 0 bridgehead atoms. The summed E-state index contributed by atoms with van der Waals surface area (Å²) in [7, 11) is 0. The van der Waals surface area contributed by atoms with Crippen molar-refractivity contribution in [1.29, 1.82) is 0 Å². The van der Waals surface area contributed by atoms with Gasteiger partial charge in [0.25, 0.3) is 0 Å². The molecule has 48 valence electrons. The van der Waals surface area contributed by atoms with Crippen molar-refractivity contribution >= 4 is 6.03 Å². The van der Waals surface area contributed by atoms with Gasteiger partial charge in [-0.25, -0.2) is 0 Å². The molecule has 0 saturated carbocycles. The number of nitrogens with zero attached hydrogens (tertiary/aromatic N) is 1. The molecule has 0 atom stereocenters. The van der Waals surface area contributed by atoms with Crippen LogP contribution in [0.3, 0.4) is 0 Å². The zero-order valence-electron chi connectivity index (χ0n) is 5.16. The van der Waals surface area contributed by atoms with Gasteiger partial charge in [-0.2, -0.15) is 9.79 Å². The maximum absolute atomic E-state index is 10.6. The van der Waals surface area contributed by atoms with Gasteiger partial charge in [0.2, 0.25) is 5.36 Å². The van der Waals surface area contributed by atoms with Crippen LogP contribution in [-0.2, 0) is 0 Å². The largest absolute Gasteiger partial charge is 0.538 e. The Labute approximate surface area is 56.7 Å². The summed E-state index contributed by atoms with van der Waals surface area (Å²) in [5.41, 5.74) is 0. The van der Waals surface area contributed by atoms with Crippen LogP contribution in [0.15, 0.2) is 29.3 Å². The number of amides is 2. The Kier molecular flexibility index (Phi) is 0.917. The predicted molar refractivity (Wildman–Crippen MR) is 32.7 cm³/mol. The molecular formula is C7H5N2O+. The Morgan fingerprint density at radius 1 is 1.30 bits per heavy atom. The third-order valence-electron chi connectivity index (χ3n) is 1.37. The highest BCUT2D eigenvalue weighted by Crippen LogP contribution is 1.70. The van der Waals surface area contributed by atoms with E-state index in [1.807, 2.05) is 18.2 Å². The van der Waals surface area contributed by atoms with Crippen molar-refractivity contribution in [2.75, 3.05) is 0 Å². The van der Waals surface area contributed by atoms with Gasteiger partial charge in [0, 0.05) is 4.99 Å². The average Bonchev–Trinajstić information content (AvgIpc) is 2.27. The molecular weight excluding hydrogens is 128 g/mol. The highest BCUT2D eigenvalue weighted by atomic mass is 16.2. The van der Waals surface area contributed by atoms with Gasteiger partial charge in [-0.15, -0.1) is 0 Å². The SMILES string of the molecule is O=C1N=c2ccccc2=[NH+]1. The van der Waals surface area contributed by atoms with Gasteiger partial charge in [0.05, 0.1) is 0 Å². The molecule has 1 N–H and O–H groups in total. The number of para-hydroxylation sites is 2. The molecule has 2 rings (SSSR count). The van der Waals surface area contributed by atoms with Crippen molar-refractivity contribution in [3.8, 4) is 0 Å². The second-order valence-corrected chi connectivity index (χ2v) is 2.06. The number of urea groups is 1. The van der Waals surface area contributed by atoms with Gasteiger partial charge >= 0.3 is 6.03 Å². The number of rotatable bonds is 0. The molecule has 3 nitrogen and oxygen atoms in total. The van der Waals surface area contributed by atoms with Crippen molar-refractivity contribution < 1.29 is 9.79 Å². The van der Waals surface area contributed by atoms with Crippen LogP contribution in [0.1, 0.15) is 0 Å². The van der Waals surface area contributed by atoms with Gasteiger partial charge in [-0.05, 0) is 12.1 Å². The van der Waals surface area contributed by atoms with Crippen LogP contribution in [0.4, 0.5) is 4.79 Å². The lowest BCUT2D eigenvalue weighted by atomic mass is 10.3. The van der Waals surface area contributed by atoms with E-state index in [9.17, 15) is 4.79 Å². The first-order valence-electron chi connectivity index (χ1n) is 2.98. The summed E-state index contributed by atoms with van der Waals surface area (Å²) in [5, 5.41) is 1.53. The fraction of sp³-hybridized carbons (Fsp3) is 0. The molecule has 1 aliphatic heterocycles. The number of hydrogen-bond acceptors (Lipinski definition) is 1. The fourth-order valence-corrected chi connectivity index (χ4v) is 0.929. The van der Waals surface area contributed by atoms with Gasteiger partial charge < -0.3 is 0 Å². The Morgan fingerprint density at radius 3 is 2.90 bits per heavy atom. The van der Waals surface area contributed by atoms with Crippen LogP contribution in [0.2, 0.25) is 0 Å². The lowest BCUT2D eigenvalue weighted by molar-refractivity contribution is -0.382. The van der Waals surface area contributed by atoms with Gasteiger partial charge in [-0.1, -0.05) is 12.1 Å². The molecule has 1 aromatic rings. The quantitative estimate of drug-likeness (QED) is 0.443. The molecule has 0 aliphatic carbocycles. The van der Waals surface area contributed by atoms with Crippen molar-refractivity contribution in [3.05, 3.63) is 35.0 Å². The summed E-state index contributed by atoms with van der Waals surface area (Å²) >= 11 is 0. The average molecular weight is 133 g/mol.